The van der Waals surface area contributed by atoms with Crippen molar-refractivity contribution in [2.45, 2.75) is 64.6 Å². The molecule has 2 aliphatic rings. The minimum absolute atomic E-state index is 0.0221. The Morgan fingerprint density at radius 3 is 2.58 bits per heavy atom. The molecule has 5 nitrogen and oxygen atoms in total. The first-order valence-corrected chi connectivity index (χ1v) is 9.28. The third kappa shape index (κ3) is 3.76. The van der Waals surface area contributed by atoms with E-state index in [1.165, 1.54) is 0 Å². The highest BCUT2D eigenvalue weighted by molar-refractivity contribution is 5.96. The van der Waals surface area contributed by atoms with E-state index < -0.39 is 5.60 Å². The molecular weight excluding hydrogens is 330 g/mol. The largest absolute Gasteiger partial charge is 0.462 e. The third-order valence-corrected chi connectivity index (χ3v) is 4.77. The van der Waals surface area contributed by atoms with Crippen LogP contribution in [0.5, 0.6) is 0 Å². The monoisotopic (exact) mass is 357 g/mol. The van der Waals surface area contributed by atoms with E-state index in [2.05, 4.69) is 6.08 Å². The number of benzene rings is 1. The quantitative estimate of drug-likeness (QED) is 0.752. The number of nitrogens with zero attached hydrogens (tertiary/aromatic N) is 1. The van der Waals surface area contributed by atoms with Gasteiger partial charge in [-0.3, -0.25) is 4.90 Å². The molecule has 0 aromatic heterocycles. The molecule has 0 N–H and O–H groups in total. The summed E-state index contributed by atoms with van der Waals surface area (Å²) in [5.74, 6) is -0.300. The van der Waals surface area contributed by atoms with Crippen molar-refractivity contribution in [2.24, 2.45) is 0 Å². The number of hydrogen-bond donors (Lipinski definition) is 0. The van der Waals surface area contributed by atoms with Crippen LogP contribution in [0.3, 0.4) is 0 Å². The van der Waals surface area contributed by atoms with Crippen LogP contribution in [-0.4, -0.2) is 41.3 Å². The van der Waals surface area contributed by atoms with Gasteiger partial charge in [0.05, 0.1) is 18.2 Å². The van der Waals surface area contributed by atoms with Crippen LogP contribution in [0.1, 0.15) is 62.9 Å². The van der Waals surface area contributed by atoms with Crippen LogP contribution in [0.15, 0.2) is 30.3 Å². The van der Waals surface area contributed by atoms with Gasteiger partial charge in [-0.2, -0.15) is 0 Å². The molecule has 0 saturated carbocycles. The van der Waals surface area contributed by atoms with Gasteiger partial charge in [-0.25, -0.2) is 9.59 Å². The minimum atomic E-state index is -0.503. The molecule has 26 heavy (non-hydrogen) atoms. The second-order valence-electron chi connectivity index (χ2n) is 7.85. The normalized spacial score (nSPS) is 22.0. The predicted octanol–water partition coefficient (Wildman–Crippen LogP) is 4.42. The molecule has 2 bridgehead atoms. The summed E-state index contributed by atoms with van der Waals surface area (Å²) in [7, 11) is 0. The Labute approximate surface area is 155 Å². The fraction of sp³-hybridized carbons (Fsp3) is 0.524. The van der Waals surface area contributed by atoms with Gasteiger partial charge in [0.1, 0.15) is 5.60 Å². The standard InChI is InChI=1S/C21H27NO4/c1-5-25-19(23)18-9-7-6-8-17(18)14-12-15-10-11-16(13-14)22(15)20(24)26-21(2,3)4/h6-9,12,15-16H,5,10-11,13H2,1-4H3/t15-,16+/m0/s1. The van der Waals surface area contributed by atoms with E-state index >= 15 is 0 Å². The second-order valence-corrected chi connectivity index (χ2v) is 7.85. The van der Waals surface area contributed by atoms with E-state index in [1.807, 2.05) is 43.9 Å². The van der Waals surface area contributed by atoms with Crippen LogP contribution in [0.25, 0.3) is 5.57 Å². The van der Waals surface area contributed by atoms with Crippen LogP contribution in [-0.2, 0) is 9.47 Å². The highest BCUT2D eigenvalue weighted by Crippen LogP contribution is 2.40. The van der Waals surface area contributed by atoms with E-state index in [9.17, 15) is 9.59 Å². The van der Waals surface area contributed by atoms with Crippen molar-refractivity contribution in [3.63, 3.8) is 0 Å². The molecule has 1 amide bonds. The van der Waals surface area contributed by atoms with Gasteiger partial charge in [0.15, 0.2) is 0 Å². The van der Waals surface area contributed by atoms with Gasteiger partial charge in [-0.05, 0) is 64.2 Å². The predicted molar refractivity (Wildman–Crippen MR) is 99.9 cm³/mol. The summed E-state index contributed by atoms with van der Waals surface area (Å²) in [6, 6.07) is 7.68. The van der Waals surface area contributed by atoms with Gasteiger partial charge < -0.3 is 9.47 Å². The van der Waals surface area contributed by atoms with Crippen LogP contribution in [0, 0.1) is 0 Å². The summed E-state index contributed by atoms with van der Waals surface area (Å²) in [5.41, 5.74) is 2.11. The summed E-state index contributed by atoms with van der Waals surface area (Å²) in [5, 5.41) is 0. The fourth-order valence-electron chi connectivity index (χ4n) is 3.78. The lowest BCUT2D eigenvalue weighted by molar-refractivity contribution is 0.0174. The molecule has 2 aliphatic heterocycles. The lowest BCUT2D eigenvalue weighted by Crippen LogP contribution is -2.45. The maximum absolute atomic E-state index is 12.6. The maximum atomic E-state index is 12.6. The van der Waals surface area contributed by atoms with Crippen LogP contribution >= 0.6 is 0 Å². The van der Waals surface area contributed by atoms with E-state index in [1.54, 1.807) is 13.0 Å². The molecule has 0 unspecified atom stereocenters. The summed E-state index contributed by atoms with van der Waals surface area (Å²) in [6.45, 7) is 7.80. The fourth-order valence-corrected chi connectivity index (χ4v) is 3.78. The molecule has 0 spiro atoms. The third-order valence-electron chi connectivity index (χ3n) is 4.77. The Kier molecular flexibility index (Phi) is 5.08. The minimum Gasteiger partial charge on any atom is -0.462 e. The molecule has 0 radical (unpaired) electrons. The Morgan fingerprint density at radius 1 is 1.19 bits per heavy atom. The first-order chi connectivity index (χ1) is 12.3. The number of esters is 1. The topological polar surface area (TPSA) is 55.8 Å². The average Bonchev–Trinajstić information content (AvgIpc) is 2.84. The number of fused-ring (bicyclic) bond motifs is 2. The van der Waals surface area contributed by atoms with Crippen molar-refractivity contribution in [2.75, 3.05) is 6.61 Å². The molecule has 1 fully saturated rings. The molecule has 1 aromatic rings. The number of carbonyl (C=O) groups is 2. The second kappa shape index (κ2) is 7.14. The molecule has 5 heteroatoms. The number of rotatable bonds is 3. The van der Waals surface area contributed by atoms with Gasteiger partial charge >= 0.3 is 12.1 Å². The molecule has 2 heterocycles. The van der Waals surface area contributed by atoms with Crippen molar-refractivity contribution in [3.8, 4) is 0 Å². The smallest absolute Gasteiger partial charge is 0.411 e. The zero-order valence-electron chi connectivity index (χ0n) is 16.0. The summed E-state index contributed by atoms with van der Waals surface area (Å²) < 4.78 is 10.8. The number of amides is 1. The van der Waals surface area contributed by atoms with Crippen LogP contribution in [0.2, 0.25) is 0 Å². The van der Waals surface area contributed by atoms with Gasteiger partial charge in [0.25, 0.3) is 0 Å². The Bertz CT molecular complexity index is 732. The average molecular weight is 357 g/mol. The first kappa shape index (κ1) is 18.5. The van der Waals surface area contributed by atoms with Crippen molar-refractivity contribution < 1.29 is 19.1 Å². The van der Waals surface area contributed by atoms with Gasteiger partial charge in [0, 0.05) is 6.04 Å². The van der Waals surface area contributed by atoms with E-state index in [4.69, 9.17) is 9.47 Å². The number of carbonyl (C=O) groups excluding carboxylic acids is 2. The van der Waals surface area contributed by atoms with Gasteiger partial charge in [0.2, 0.25) is 0 Å². The number of ether oxygens (including phenoxy) is 2. The van der Waals surface area contributed by atoms with Crippen LogP contribution in [0.4, 0.5) is 4.79 Å². The highest BCUT2D eigenvalue weighted by atomic mass is 16.6. The summed E-state index contributed by atoms with van der Waals surface area (Å²) in [6.07, 6.45) is 4.47. The summed E-state index contributed by atoms with van der Waals surface area (Å²) in [4.78, 5) is 26.7. The maximum Gasteiger partial charge on any atom is 0.411 e. The molecule has 1 aromatic carbocycles. The van der Waals surface area contributed by atoms with Gasteiger partial charge in [-0.15, -0.1) is 0 Å². The molecule has 1 saturated heterocycles. The van der Waals surface area contributed by atoms with Crippen molar-refractivity contribution in [3.05, 3.63) is 41.5 Å². The molecule has 0 aliphatic carbocycles. The van der Waals surface area contributed by atoms with Gasteiger partial charge in [-0.1, -0.05) is 24.3 Å². The van der Waals surface area contributed by atoms with Crippen molar-refractivity contribution in [1.82, 2.24) is 4.90 Å². The van der Waals surface area contributed by atoms with Crippen molar-refractivity contribution >= 4 is 17.6 Å². The molecule has 3 rings (SSSR count). The Balaban J connectivity index is 1.87. The lowest BCUT2D eigenvalue weighted by Gasteiger charge is -2.35. The molecule has 140 valence electrons. The van der Waals surface area contributed by atoms with E-state index in [0.29, 0.717) is 12.2 Å². The zero-order valence-corrected chi connectivity index (χ0v) is 16.0. The Morgan fingerprint density at radius 2 is 1.92 bits per heavy atom. The molecular formula is C21H27NO4. The highest BCUT2D eigenvalue weighted by Gasteiger charge is 2.42. The van der Waals surface area contributed by atoms with Crippen LogP contribution < -0.4 is 0 Å². The molecule has 2 atom stereocenters. The number of hydrogen-bond acceptors (Lipinski definition) is 4. The first-order valence-electron chi connectivity index (χ1n) is 9.28. The SMILES string of the molecule is CCOC(=O)c1ccccc1C1=C[C@@H]2CC[C@H](C1)N2C(=O)OC(C)(C)C. The lowest BCUT2D eigenvalue weighted by atomic mass is 9.91. The Hall–Kier alpha value is -2.30. The summed E-state index contributed by atoms with van der Waals surface area (Å²) >= 11 is 0. The zero-order chi connectivity index (χ0) is 18.9. The van der Waals surface area contributed by atoms with E-state index in [-0.39, 0.29) is 24.1 Å². The van der Waals surface area contributed by atoms with E-state index in [0.717, 1.165) is 30.4 Å². The van der Waals surface area contributed by atoms with Crippen molar-refractivity contribution in [1.29, 1.82) is 0 Å².